The summed E-state index contributed by atoms with van der Waals surface area (Å²) in [5.74, 6) is 1.71. The van der Waals surface area contributed by atoms with Gasteiger partial charge in [-0.05, 0) is 51.6 Å². The molecule has 0 aliphatic rings. The van der Waals surface area contributed by atoms with Gasteiger partial charge >= 0.3 is 8.56 Å². The molecule has 196 valence electrons. The standard InChI is InChI=1S/C26H52O4S2Si/c1-5-9-11-13-15-19-25(27)31-21-17-23-33(29-7-3,30-8-4)24-18-22-32-26(28)20-16-14-12-10-6-2/h5-24H2,1-4H3. The van der Waals surface area contributed by atoms with Crippen LogP contribution in [0.5, 0.6) is 0 Å². The maximum absolute atomic E-state index is 12.1. The van der Waals surface area contributed by atoms with E-state index in [1.807, 2.05) is 13.8 Å². The van der Waals surface area contributed by atoms with Crippen molar-refractivity contribution in [2.45, 2.75) is 130 Å². The van der Waals surface area contributed by atoms with Crippen LogP contribution in [0.1, 0.15) is 118 Å². The van der Waals surface area contributed by atoms with Crippen molar-refractivity contribution in [2.75, 3.05) is 24.7 Å². The molecule has 0 aliphatic carbocycles. The van der Waals surface area contributed by atoms with E-state index in [-0.39, 0.29) is 0 Å². The van der Waals surface area contributed by atoms with Gasteiger partial charge in [0.1, 0.15) is 0 Å². The van der Waals surface area contributed by atoms with Crippen molar-refractivity contribution in [2.24, 2.45) is 0 Å². The highest BCUT2D eigenvalue weighted by Gasteiger charge is 2.36. The summed E-state index contributed by atoms with van der Waals surface area (Å²) < 4.78 is 12.4. The van der Waals surface area contributed by atoms with Crippen LogP contribution in [0.25, 0.3) is 0 Å². The first-order valence-electron chi connectivity index (χ1n) is 13.6. The summed E-state index contributed by atoms with van der Waals surface area (Å²) in [7, 11) is -2.27. The van der Waals surface area contributed by atoms with Crippen LogP contribution in [0, 0.1) is 0 Å². The van der Waals surface area contributed by atoms with Gasteiger partial charge in [0.2, 0.25) is 0 Å². The van der Waals surface area contributed by atoms with Crippen LogP contribution in [-0.4, -0.2) is 43.5 Å². The van der Waals surface area contributed by atoms with Crippen molar-refractivity contribution in [1.29, 1.82) is 0 Å². The Labute approximate surface area is 214 Å². The fraction of sp³-hybridized carbons (Fsp3) is 0.923. The summed E-state index contributed by atoms with van der Waals surface area (Å²) >= 11 is 2.97. The van der Waals surface area contributed by atoms with E-state index in [1.165, 1.54) is 74.9 Å². The van der Waals surface area contributed by atoms with Crippen LogP contribution in [0.2, 0.25) is 12.1 Å². The number of thioether (sulfide) groups is 2. The van der Waals surface area contributed by atoms with Crippen molar-refractivity contribution >= 4 is 42.3 Å². The predicted molar refractivity (Wildman–Crippen MR) is 150 cm³/mol. The van der Waals surface area contributed by atoms with E-state index in [0.29, 0.717) is 36.3 Å². The second kappa shape index (κ2) is 23.9. The van der Waals surface area contributed by atoms with Gasteiger partial charge < -0.3 is 8.85 Å². The second-order valence-corrected chi connectivity index (χ2v) is 14.5. The number of hydrogen-bond acceptors (Lipinski definition) is 6. The molecule has 0 spiro atoms. The average Bonchev–Trinajstić information content (AvgIpc) is 2.80. The van der Waals surface area contributed by atoms with Crippen molar-refractivity contribution in [3.05, 3.63) is 0 Å². The number of unbranched alkanes of at least 4 members (excludes halogenated alkanes) is 8. The molecule has 0 amide bonds. The Balaban J connectivity index is 4.20. The molecule has 0 atom stereocenters. The molecule has 0 aliphatic heterocycles. The topological polar surface area (TPSA) is 52.6 Å². The minimum atomic E-state index is -2.27. The molecule has 0 rings (SSSR count). The lowest BCUT2D eigenvalue weighted by atomic mass is 10.1. The minimum Gasteiger partial charge on any atom is -0.394 e. The number of rotatable bonds is 24. The largest absolute Gasteiger partial charge is 0.394 e. The summed E-state index contributed by atoms with van der Waals surface area (Å²) in [5, 5.41) is 0.660. The molecular formula is C26H52O4S2Si. The molecule has 0 aromatic rings. The fourth-order valence-electron chi connectivity index (χ4n) is 3.93. The Morgan fingerprint density at radius 3 is 1.33 bits per heavy atom. The van der Waals surface area contributed by atoms with Gasteiger partial charge in [-0.2, -0.15) is 0 Å². The van der Waals surface area contributed by atoms with Gasteiger partial charge in [0, 0.05) is 37.6 Å². The molecule has 0 unspecified atom stereocenters. The van der Waals surface area contributed by atoms with Crippen LogP contribution < -0.4 is 0 Å². The van der Waals surface area contributed by atoms with Gasteiger partial charge in [-0.15, -0.1) is 0 Å². The molecule has 7 heteroatoms. The molecule has 4 nitrogen and oxygen atoms in total. The monoisotopic (exact) mass is 520 g/mol. The summed E-state index contributed by atoms with van der Waals surface area (Å²) in [5.41, 5.74) is 0. The minimum absolute atomic E-state index is 0.330. The number of carbonyl (C=O) groups excluding carboxylic acids is 2. The Morgan fingerprint density at radius 2 is 0.970 bits per heavy atom. The van der Waals surface area contributed by atoms with Crippen LogP contribution in [0.15, 0.2) is 0 Å². The summed E-state index contributed by atoms with van der Waals surface area (Å²) in [6.45, 7) is 9.83. The molecule has 0 fully saturated rings. The molecule has 0 saturated heterocycles. The van der Waals surface area contributed by atoms with Gasteiger partial charge in [0.15, 0.2) is 10.2 Å². The third-order valence-electron chi connectivity index (χ3n) is 5.71. The van der Waals surface area contributed by atoms with E-state index in [1.54, 1.807) is 0 Å². The first-order valence-corrected chi connectivity index (χ1v) is 17.8. The molecule has 0 aromatic heterocycles. The van der Waals surface area contributed by atoms with Crippen LogP contribution in [-0.2, 0) is 18.4 Å². The molecule has 0 N–H and O–H groups in total. The van der Waals surface area contributed by atoms with Crippen molar-refractivity contribution in [3.63, 3.8) is 0 Å². The zero-order valence-corrected chi connectivity index (χ0v) is 24.7. The fourth-order valence-corrected chi connectivity index (χ4v) is 9.44. The Morgan fingerprint density at radius 1 is 0.576 bits per heavy atom. The molecule has 0 aromatic carbocycles. The smallest absolute Gasteiger partial charge is 0.338 e. The van der Waals surface area contributed by atoms with Gasteiger partial charge in [-0.25, -0.2) is 0 Å². The second-order valence-electron chi connectivity index (χ2n) is 8.75. The molecule has 33 heavy (non-hydrogen) atoms. The Bertz CT molecular complexity index is 435. The van der Waals surface area contributed by atoms with E-state index in [9.17, 15) is 9.59 Å². The molecule has 0 bridgehead atoms. The summed E-state index contributed by atoms with van der Waals surface area (Å²) in [4.78, 5) is 24.3. The van der Waals surface area contributed by atoms with E-state index >= 15 is 0 Å². The van der Waals surface area contributed by atoms with Crippen LogP contribution >= 0.6 is 23.5 Å². The van der Waals surface area contributed by atoms with Gasteiger partial charge in [0.05, 0.1) is 0 Å². The molecule has 0 radical (unpaired) electrons. The highest BCUT2D eigenvalue weighted by Crippen LogP contribution is 2.26. The SMILES string of the molecule is CCCCCCCC(=O)SCCC[Si](CCCSC(=O)CCCCCCC)(OCC)OCC. The Kier molecular flexibility index (Phi) is 24.0. The van der Waals surface area contributed by atoms with E-state index in [4.69, 9.17) is 8.85 Å². The van der Waals surface area contributed by atoms with Gasteiger partial charge in [-0.1, -0.05) is 88.7 Å². The zero-order chi connectivity index (χ0) is 24.6. The predicted octanol–water partition coefficient (Wildman–Crippen LogP) is 8.52. The van der Waals surface area contributed by atoms with Crippen LogP contribution in [0.3, 0.4) is 0 Å². The van der Waals surface area contributed by atoms with Crippen molar-refractivity contribution in [3.8, 4) is 0 Å². The van der Waals surface area contributed by atoms with E-state index < -0.39 is 8.56 Å². The van der Waals surface area contributed by atoms with Crippen LogP contribution in [0.4, 0.5) is 0 Å². The lowest BCUT2D eigenvalue weighted by Crippen LogP contribution is -2.42. The third-order valence-corrected chi connectivity index (χ3v) is 11.6. The first-order chi connectivity index (χ1) is 16.0. The highest BCUT2D eigenvalue weighted by molar-refractivity contribution is 8.13. The lowest BCUT2D eigenvalue weighted by molar-refractivity contribution is -0.111. The van der Waals surface area contributed by atoms with E-state index in [2.05, 4.69) is 13.8 Å². The normalized spacial score (nSPS) is 11.8. The number of hydrogen-bond donors (Lipinski definition) is 0. The highest BCUT2D eigenvalue weighted by atomic mass is 32.2. The summed E-state index contributed by atoms with van der Waals surface area (Å²) in [6, 6.07) is 1.86. The Hall–Kier alpha value is 0.177. The third kappa shape index (κ3) is 20.1. The lowest BCUT2D eigenvalue weighted by Gasteiger charge is -2.30. The first kappa shape index (κ1) is 33.2. The van der Waals surface area contributed by atoms with Gasteiger partial charge in [0.25, 0.3) is 0 Å². The maximum Gasteiger partial charge on any atom is 0.338 e. The quantitative estimate of drug-likeness (QED) is 0.0939. The molecule has 0 saturated carbocycles. The average molecular weight is 521 g/mol. The number of carbonyl (C=O) groups is 2. The zero-order valence-electron chi connectivity index (χ0n) is 22.1. The molecule has 0 heterocycles. The molecular weight excluding hydrogens is 469 g/mol. The van der Waals surface area contributed by atoms with Crippen molar-refractivity contribution < 1.29 is 18.4 Å². The summed E-state index contributed by atoms with van der Waals surface area (Å²) in [6.07, 6.45) is 15.2. The van der Waals surface area contributed by atoms with Gasteiger partial charge in [-0.3, -0.25) is 9.59 Å². The maximum atomic E-state index is 12.1. The van der Waals surface area contributed by atoms with Crippen molar-refractivity contribution in [1.82, 2.24) is 0 Å². The van der Waals surface area contributed by atoms with E-state index in [0.717, 1.165) is 49.3 Å².